The van der Waals surface area contributed by atoms with Crippen LogP contribution in [0.2, 0.25) is 0 Å². The summed E-state index contributed by atoms with van der Waals surface area (Å²) in [6.07, 6.45) is 3.71. The van der Waals surface area contributed by atoms with E-state index in [0.29, 0.717) is 0 Å². The summed E-state index contributed by atoms with van der Waals surface area (Å²) in [6.45, 7) is 6.47. The highest BCUT2D eigenvalue weighted by Gasteiger charge is 2.11. The van der Waals surface area contributed by atoms with Crippen LogP contribution in [-0.4, -0.2) is 19.1 Å². The Morgan fingerprint density at radius 1 is 1.15 bits per heavy atom. The first kappa shape index (κ1) is 14.4. The molecule has 0 saturated heterocycles. The summed E-state index contributed by atoms with van der Waals surface area (Å²) in [5.74, 6) is 0. The molecule has 0 saturated carbocycles. The van der Waals surface area contributed by atoms with Crippen LogP contribution in [0.4, 0.5) is 11.4 Å². The molecule has 1 N–H and O–H groups in total. The van der Waals surface area contributed by atoms with Crippen molar-refractivity contribution in [2.45, 2.75) is 26.8 Å². The maximum atomic E-state index is 4.22. The lowest BCUT2D eigenvalue weighted by Gasteiger charge is -2.22. The highest BCUT2D eigenvalue weighted by Crippen LogP contribution is 2.28. The van der Waals surface area contributed by atoms with Gasteiger partial charge in [-0.15, -0.1) is 0 Å². The van der Waals surface area contributed by atoms with Gasteiger partial charge in [0.05, 0.1) is 17.6 Å². The van der Waals surface area contributed by atoms with Crippen molar-refractivity contribution in [2.75, 3.05) is 24.3 Å². The van der Waals surface area contributed by atoms with Crippen LogP contribution in [0, 0.1) is 13.8 Å². The van der Waals surface area contributed by atoms with E-state index in [2.05, 4.69) is 54.2 Å². The Morgan fingerprint density at radius 3 is 2.55 bits per heavy atom. The van der Waals surface area contributed by atoms with Gasteiger partial charge in [0.2, 0.25) is 0 Å². The monoisotopic (exact) mass is 269 g/mol. The fourth-order valence-electron chi connectivity index (χ4n) is 2.51. The maximum absolute atomic E-state index is 4.22. The first-order valence-electron chi connectivity index (χ1n) is 6.94. The van der Waals surface area contributed by atoms with Gasteiger partial charge >= 0.3 is 0 Å². The van der Waals surface area contributed by atoms with Crippen molar-refractivity contribution in [1.29, 1.82) is 0 Å². The summed E-state index contributed by atoms with van der Waals surface area (Å²) in [5, 5.41) is 3.56. The van der Waals surface area contributed by atoms with Gasteiger partial charge in [0.25, 0.3) is 0 Å². The highest BCUT2D eigenvalue weighted by atomic mass is 15.1. The Hall–Kier alpha value is -2.03. The maximum Gasteiger partial charge on any atom is 0.0768 e. The summed E-state index contributed by atoms with van der Waals surface area (Å²) in [7, 11) is 4.09. The molecule has 106 valence electrons. The van der Waals surface area contributed by atoms with Crippen LogP contribution >= 0.6 is 0 Å². The molecule has 1 unspecified atom stereocenters. The molecule has 0 aliphatic carbocycles. The van der Waals surface area contributed by atoms with E-state index in [-0.39, 0.29) is 6.04 Å². The minimum atomic E-state index is 0.249. The highest BCUT2D eigenvalue weighted by molar-refractivity contribution is 5.68. The van der Waals surface area contributed by atoms with Crippen LogP contribution in [0.25, 0.3) is 0 Å². The number of anilines is 2. The van der Waals surface area contributed by atoms with E-state index in [1.807, 2.05) is 32.6 Å². The van der Waals surface area contributed by atoms with Crippen molar-refractivity contribution in [1.82, 2.24) is 4.98 Å². The predicted molar refractivity (Wildman–Crippen MR) is 86.5 cm³/mol. The zero-order valence-corrected chi connectivity index (χ0v) is 12.9. The zero-order chi connectivity index (χ0) is 14.7. The molecule has 1 aromatic carbocycles. The molecule has 3 nitrogen and oxygen atoms in total. The molecule has 1 atom stereocenters. The summed E-state index contributed by atoms with van der Waals surface area (Å²) < 4.78 is 0. The Morgan fingerprint density at radius 2 is 1.90 bits per heavy atom. The molecule has 0 radical (unpaired) electrons. The van der Waals surface area contributed by atoms with E-state index in [9.17, 15) is 0 Å². The smallest absolute Gasteiger partial charge is 0.0768 e. The molecule has 1 heterocycles. The second kappa shape index (κ2) is 5.95. The van der Waals surface area contributed by atoms with Gasteiger partial charge in [-0.25, -0.2) is 0 Å². The minimum absolute atomic E-state index is 0.249. The van der Waals surface area contributed by atoms with E-state index < -0.39 is 0 Å². The summed E-state index contributed by atoms with van der Waals surface area (Å²) in [5.41, 5.74) is 6.15. The van der Waals surface area contributed by atoms with Crippen molar-refractivity contribution >= 4 is 11.4 Å². The number of pyridine rings is 1. The number of rotatable bonds is 4. The molecule has 2 aromatic rings. The summed E-state index contributed by atoms with van der Waals surface area (Å²) in [6, 6.07) is 8.86. The average Bonchev–Trinajstić information content (AvgIpc) is 2.38. The van der Waals surface area contributed by atoms with Crippen molar-refractivity contribution in [3.63, 3.8) is 0 Å². The van der Waals surface area contributed by atoms with Crippen LogP contribution in [0.15, 0.2) is 36.7 Å². The van der Waals surface area contributed by atoms with E-state index >= 15 is 0 Å². The van der Waals surface area contributed by atoms with Gasteiger partial charge in [0.1, 0.15) is 0 Å². The fraction of sp³-hybridized carbons (Fsp3) is 0.353. The van der Waals surface area contributed by atoms with Gasteiger partial charge < -0.3 is 10.2 Å². The normalized spacial score (nSPS) is 12.1. The van der Waals surface area contributed by atoms with Gasteiger partial charge in [-0.2, -0.15) is 0 Å². The van der Waals surface area contributed by atoms with Crippen LogP contribution in [0.3, 0.4) is 0 Å². The molecule has 1 aromatic heterocycles. The first-order chi connectivity index (χ1) is 9.49. The van der Waals surface area contributed by atoms with Crippen molar-refractivity contribution in [2.24, 2.45) is 0 Å². The number of benzene rings is 1. The SMILES string of the molecule is Cc1ccc(C(C)Nc2cnccc2N(C)C)c(C)c1. The Kier molecular flexibility index (Phi) is 4.28. The molecule has 20 heavy (non-hydrogen) atoms. The van der Waals surface area contributed by atoms with E-state index in [4.69, 9.17) is 0 Å². The molecule has 0 fully saturated rings. The third-order valence-electron chi connectivity index (χ3n) is 3.54. The zero-order valence-electron chi connectivity index (χ0n) is 12.9. The average molecular weight is 269 g/mol. The summed E-state index contributed by atoms with van der Waals surface area (Å²) in [4.78, 5) is 6.32. The first-order valence-corrected chi connectivity index (χ1v) is 6.94. The number of aryl methyl sites for hydroxylation is 2. The molecule has 0 spiro atoms. The number of nitrogens with one attached hydrogen (secondary N) is 1. The van der Waals surface area contributed by atoms with Crippen LogP contribution in [0.1, 0.15) is 29.7 Å². The third-order valence-corrected chi connectivity index (χ3v) is 3.54. The quantitative estimate of drug-likeness (QED) is 0.911. The van der Waals surface area contributed by atoms with Crippen molar-refractivity contribution in [3.05, 3.63) is 53.3 Å². The lowest BCUT2D eigenvalue weighted by molar-refractivity contribution is 0.869. The molecule has 3 heteroatoms. The number of nitrogens with zero attached hydrogens (tertiary/aromatic N) is 2. The number of hydrogen-bond acceptors (Lipinski definition) is 3. The Balaban J connectivity index is 2.26. The van der Waals surface area contributed by atoms with Gasteiger partial charge in [0, 0.05) is 26.3 Å². The van der Waals surface area contributed by atoms with Crippen molar-refractivity contribution < 1.29 is 0 Å². The van der Waals surface area contributed by atoms with Gasteiger partial charge in [-0.1, -0.05) is 23.8 Å². The van der Waals surface area contributed by atoms with Crippen LogP contribution < -0.4 is 10.2 Å². The third kappa shape index (κ3) is 3.10. The second-order valence-corrected chi connectivity index (χ2v) is 5.51. The Labute approximate surface area is 121 Å². The van der Waals surface area contributed by atoms with E-state index in [1.165, 1.54) is 16.7 Å². The number of hydrogen-bond donors (Lipinski definition) is 1. The molecule has 0 bridgehead atoms. The molecule has 2 rings (SSSR count). The number of aromatic nitrogens is 1. The molecule has 0 aliphatic heterocycles. The molecular formula is C17H23N3. The molecule has 0 aliphatic rings. The van der Waals surface area contributed by atoms with Gasteiger partial charge in [-0.05, 0) is 38.0 Å². The summed E-state index contributed by atoms with van der Waals surface area (Å²) >= 11 is 0. The molecular weight excluding hydrogens is 246 g/mol. The van der Waals surface area contributed by atoms with Gasteiger partial charge in [-0.3, -0.25) is 4.98 Å². The largest absolute Gasteiger partial charge is 0.376 e. The topological polar surface area (TPSA) is 28.2 Å². The lowest BCUT2D eigenvalue weighted by atomic mass is 10.00. The van der Waals surface area contributed by atoms with E-state index in [1.54, 1.807) is 0 Å². The Bertz CT molecular complexity index is 591. The van der Waals surface area contributed by atoms with Crippen LogP contribution in [0.5, 0.6) is 0 Å². The minimum Gasteiger partial charge on any atom is -0.376 e. The standard InChI is InChI=1S/C17H23N3/c1-12-6-7-15(13(2)10-12)14(3)19-16-11-18-9-8-17(16)20(4)5/h6-11,14,19H,1-5H3. The van der Waals surface area contributed by atoms with Crippen LogP contribution in [-0.2, 0) is 0 Å². The second-order valence-electron chi connectivity index (χ2n) is 5.51. The lowest BCUT2D eigenvalue weighted by Crippen LogP contribution is -2.14. The van der Waals surface area contributed by atoms with E-state index in [0.717, 1.165) is 11.4 Å². The predicted octanol–water partition coefficient (Wildman–Crippen LogP) is 3.94. The van der Waals surface area contributed by atoms with Crippen molar-refractivity contribution in [3.8, 4) is 0 Å². The fourth-order valence-corrected chi connectivity index (χ4v) is 2.51. The molecule has 0 amide bonds. The van der Waals surface area contributed by atoms with Gasteiger partial charge in [0.15, 0.2) is 0 Å².